The molecule has 0 saturated carbocycles. The molecule has 2 rings (SSSR count). The molecule has 0 amide bonds. The van der Waals surface area contributed by atoms with Crippen molar-refractivity contribution in [2.24, 2.45) is 0 Å². The summed E-state index contributed by atoms with van der Waals surface area (Å²) in [7, 11) is 0. The summed E-state index contributed by atoms with van der Waals surface area (Å²) in [5, 5.41) is 12.6. The van der Waals surface area contributed by atoms with Gasteiger partial charge in [-0.25, -0.2) is 4.39 Å². The van der Waals surface area contributed by atoms with E-state index in [1.807, 2.05) is 6.07 Å². The van der Waals surface area contributed by atoms with Crippen LogP contribution < -0.4 is 5.32 Å². The van der Waals surface area contributed by atoms with Gasteiger partial charge in [-0.05, 0) is 30.3 Å². The van der Waals surface area contributed by atoms with Crippen LogP contribution in [0.1, 0.15) is 11.1 Å². The third kappa shape index (κ3) is 3.17. The lowest BCUT2D eigenvalue weighted by molar-refractivity contribution is 0.613. The van der Waals surface area contributed by atoms with Crippen LogP contribution in [-0.2, 0) is 6.54 Å². The van der Waals surface area contributed by atoms with E-state index < -0.39 is 0 Å². The van der Waals surface area contributed by atoms with Gasteiger partial charge in [-0.1, -0.05) is 29.3 Å². The van der Waals surface area contributed by atoms with E-state index in [-0.39, 0.29) is 12.4 Å². The lowest BCUT2D eigenvalue weighted by atomic mass is 10.2. The molecule has 0 atom stereocenters. The Balaban J connectivity index is 2.22. The average Bonchev–Trinajstić information content (AvgIpc) is 2.40. The normalized spacial score (nSPS) is 10.0. The van der Waals surface area contributed by atoms with Crippen LogP contribution in [0.4, 0.5) is 10.1 Å². The van der Waals surface area contributed by atoms with Crippen LogP contribution in [0.15, 0.2) is 36.4 Å². The standard InChI is InChI=1S/C14H9Cl2FN2/c15-11-2-1-3-13(17)10(11)8-19-14-6-9(7-18)4-5-12(14)16/h1-6,19H,8H2. The van der Waals surface area contributed by atoms with Gasteiger partial charge < -0.3 is 5.32 Å². The Labute approximate surface area is 120 Å². The first-order chi connectivity index (χ1) is 9.11. The molecule has 2 aromatic carbocycles. The molecule has 96 valence electrons. The molecule has 1 N–H and O–H groups in total. The van der Waals surface area contributed by atoms with Crippen molar-refractivity contribution in [2.75, 3.05) is 5.32 Å². The number of nitrogens with one attached hydrogen (secondary N) is 1. The second-order valence-corrected chi connectivity index (χ2v) is 4.67. The minimum Gasteiger partial charge on any atom is -0.380 e. The van der Waals surface area contributed by atoms with Gasteiger partial charge in [-0.3, -0.25) is 0 Å². The smallest absolute Gasteiger partial charge is 0.129 e. The van der Waals surface area contributed by atoms with Crippen molar-refractivity contribution < 1.29 is 4.39 Å². The number of halogens is 3. The number of hydrogen-bond acceptors (Lipinski definition) is 2. The lowest BCUT2D eigenvalue weighted by Gasteiger charge is -2.10. The maximum atomic E-state index is 13.6. The van der Waals surface area contributed by atoms with E-state index in [2.05, 4.69) is 5.32 Å². The van der Waals surface area contributed by atoms with Gasteiger partial charge in [0.2, 0.25) is 0 Å². The molecular weight excluding hydrogens is 286 g/mol. The van der Waals surface area contributed by atoms with E-state index in [1.165, 1.54) is 6.07 Å². The van der Waals surface area contributed by atoms with E-state index in [9.17, 15) is 4.39 Å². The van der Waals surface area contributed by atoms with Crippen LogP contribution >= 0.6 is 23.2 Å². The number of nitriles is 1. The quantitative estimate of drug-likeness (QED) is 0.897. The van der Waals surface area contributed by atoms with Gasteiger partial charge in [-0.15, -0.1) is 0 Å². The zero-order valence-electron chi connectivity index (χ0n) is 9.75. The van der Waals surface area contributed by atoms with Gasteiger partial charge in [0.25, 0.3) is 0 Å². The molecule has 2 aromatic rings. The van der Waals surface area contributed by atoms with Crippen LogP contribution in [0.2, 0.25) is 10.0 Å². The number of benzene rings is 2. The first kappa shape index (κ1) is 13.7. The molecule has 19 heavy (non-hydrogen) atoms. The molecule has 0 aliphatic heterocycles. The summed E-state index contributed by atoms with van der Waals surface area (Å²) in [5.74, 6) is -0.382. The molecule has 0 aliphatic rings. The number of hydrogen-bond donors (Lipinski definition) is 1. The maximum absolute atomic E-state index is 13.6. The molecule has 2 nitrogen and oxygen atoms in total. The summed E-state index contributed by atoms with van der Waals surface area (Å²) >= 11 is 11.9. The zero-order chi connectivity index (χ0) is 13.8. The van der Waals surface area contributed by atoms with Crippen molar-refractivity contribution in [3.05, 3.63) is 63.4 Å². The molecule has 0 aliphatic carbocycles. The minimum atomic E-state index is -0.382. The van der Waals surface area contributed by atoms with E-state index >= 15 is 0 Å². The fraction of sp³-hybridized carbons (Fsp3) is 0.0714. The molecule has 0 heterocycles. The lowest BCUT2D eigenvalue weighted by Crippen LogP contribution is -2.03. The van der Waals surface area contributed by atoms with Crippen molar-refractivity contribution in [1.29, 1.82) is 5.26 Å². The van der Waals surface area contributed by atoms with Crippen molar-refractivity contribution >= 4 is 28.9 Å². The van der Waals surface area contributed by atoms with Crippen molar-refractivity contribution in [1.82, 2.24) is 0 Å². The zero-order valence-corrected chi connectivity index (χ0v) is 11.3. The number of nitrogens with zero attached hydrogens (tertiary/aromatic N) is 1. The minimum absolute atomic E-state index is 0.195. The van der Waals surface area contributed by atoms with E-state index in [0.29, 0.717) is 26.9 Å². The summed E-state index contributed by atoms with van der Waals surface area (Å²) in [6.45, 7) is 0.195. The topological polar surface area (TPSA) is 35.8 Å². The maximum Gasteiger partial charge on any atom is 0.129 e. The Kier molecular flexibility index (Phi) is 4.26. The summed E-state index contributed by atoms with van der Waals surface area (Å²) in [5.41, 5.74) is 1.41. The van der Waals surface area contributed by atoms with Crippen LogP contribution in [0, 0.1) is 17.1 Å². The third-order valence-electron chi connectivity index (χ3n) is 2.61. The molecule has 0 bridgehead atoms. The number of rotatable bonds is 3. The van der Waals surface area contributed by atoms with Gasteiger partial charge in [0, 0.05) is 17.1 Å². The van der Waals surface area contributed by atoms with Crippen LogP contribution in [0.5, 0.6) is 0 Å². The Morgan fingerprint density at radius 3 is 2.63 bits per heavy atom. The molecule has 0 fully saturated rings. The van der Waals surface area contributed by atoms with Crippen molar-refractivity contribution in [3.63, 3.8) is 0 Å². The highest BCUT2D eigenvalue weighted by molar-refractivity contribution is 6.33. The Morgan fingerprint density at radius 2 is 1.95 bits per heavy atom. The summed E-state index contributed by atoms with van der Waals surface area (Å²) in [6, 6.07) is 11.4. The van der Waals surface area contributed by atoms with Gasteiger partial charge in [0.15, 0.2) is 0 Å². The predicted molar refractivity (Wildman–Crippen MR) is 74.9 cm³/mol. The Morgan fingerprint density at radius 1 is 1.16 bits per heavy atom. The number of anilines is 1. The van der Waals surface area contributed by atoms with Crippen molar-refractivity contribution in [3.8, 4) is 6.07 Å². The van der Waals surface area contributed by atoms with E-state index in [0.717, 1.165) is 0 Å². The van der Waals surface area contributed by atoms with Gasteiger partial charge in [0.05, 0.1) is 22.3 Å². The Bertz CT molecular complexity index is 630. The fourth-order valence-electron chi connectivity index (χ4n) is 1.62. The predicted octanol–water partition coefficient (Wildman–Crippen LogP) is 4.62. The summed E-state index contributed by atoms with van der Waals surface area (Å²) in [6.07, 6.45) is 0. The highest BCUT2D eigenvalue weighted by atomic mass is 35.5. The third-order valence-corrected chi connectivity index (χ3v) is 3.30. The summed E-state index contributed by atoms with van der Waals surface area (Å²) < 4.78 is 13.6. The largest absolute Gasteiger partial charge is 0.380 e. The Hall–Kier alpha value is -1.76. The van der Waals surface area contributed by atoms with Crippen molar-refractivity contribution in [2.45, 2.75) is 6.54 Å². The van der Waals surface area contributed by atoms with E-state index in [4.69, 9.17) is 28.5 Å². The molecule has 5 heteroatoms. The van der Waals surface area contributed by atoms with Gasteiger partial charge >= 0.3 is 0 Å². The molecule has 0 aromatic heterocycles. The van der Waals surface area contributed by atoms with Gasteiger partial charge in [0.1, 0.15) is 5.82 Å². The van der Waals surface area contributed by atoms with Crippen LogP contribution in [0.3, 0.4) is 0 Å². The first-order valence-electron chi connectivity index (χ1n) is 5.48. The second-order valence-electron chi connectivity index (χ2n) is 3.86. The highest BCUT2D eigenvalue weighted by Crippen LogP contribution is 2.25. The van der Waals surface area contributed by atoms with Crippen LogP contribution in [0.25, 0.3) is 0 Å². The molecule has 0 saturated heterocycles. The molecule has 0 spiro atoms. The second kappa shape index (κ2) is 5.92. The molecule has 0 radical (unpaired) electrons. The highest BCUT2D eigenvalue weighted by Gasteiger charge is 2.08. The monoisotopic (exact) mass is 294 g/mol. The van der Waals surface area contributed by atoms with Crippen LogP contribution in [-0.4, -0.2) is 0 Å². The first-order valence-corrected chi connectivity index (χ1v) is 6.24. The SMILES string of the molecule is N#Cc1ccc(Cl)c(NCc2c(F)cccc2Cl)c1. The average molecular weight is 295 g/mol. The molecular formula is C14H9Cl2FN2. The fourth-order valence-corrected chi connectivity index (χ4v) is 2.03. The summed E-state index contributed by atoms with van der Waals surface area (Å²) in [4.78, 5) is 0. The van der Waals surface area contributed by atoms with Gasteiger partial charge in [-0.2, -0.15) is 5.26 Å². The molecule has 0 unspecified atom stereocenters. The van der Waals surface area contributed by atoms with E-state index in [1.54, 1.807) is 30.3 Å².